The third kappa shape index (κ3) is 3.71. The lowest BCUT2D eigenvalue weighted by atomic mass is 10.0. The van der Waals surface area contributed by atoms with Crippen molar-refractivity contribution in [3.8, 4) is 17.2 Å². The van der Waals surface area contributed by atoms with Crippen molar-refractivity contribution in [1.29, 1.82) is 0 Å². The molecular formula is C20H20BrNO3. The van der Waals surface area contributed by atoms with Crippen molar-refractivity contribution in [1.82, 2.24) is 0 Å². The lowest BCUT2D eigenvalue weighted by molar-refractivity contribution is 0.159. The van der Waals surface area contributed by atoms with Crippen molar-refractivity contribution in [2.24, 2.45) is 4.99 Å². The molecule has 5 heteroatoms. The van der Waals surface area contributed by atoms with E-state index in [4.69, 9.17) is 14.2 Å². The number of nitrogens with zero attached hydrogens (tertiary/aromatic N) is 1. The molecule has 0 fully saturated rings. The van der Waals surface area contributed by atoms with Gasteiger partial charge < -0.3 is 14.2 Å². The molecule has 2 aromatic carbocycles. The monoisotopic (exact) mass is 401 g/mol. The highest BCUT2D eigenvalue weighted by Gasteiger charge is 2.22. The van der Waals surface area contributed by atoms with Crippen LogP contribution in [0.2, 0.25) is 0 Å². The van der Waals surface area contributed by atoms with Gasteiger partial charge in [-0.05, 0) is 66.2 Å². The average molecular weight is 402 g/mol. The number of halogens is 1. The summed E-state index contributed by atoms with van der Waals surface area (Å²) in [7, 11) is 3.23. The van der Waals surface area contributed by atoms with Crippen molar-refractivity contribution in [2.45, 2.75) is 19.4 Å². The van der Waals surface area contributed by atoms with E-state index in [1.165, 1.54) is 0 Å². The molecule has 0 atom stereocenters. The minimum Gasteiger partial charge on any atom is -0.493 e. The van der Waals surface area contributed by atoms with Crippen LogP contribution in [-0.4, -0.2) is 26.0 Å². The van der Waals surface area contributed by atoms with Crippen LogP contribution in [0, 0.1) is 0 Å². The fraction of sp³-hybridized carbons (Fsp3) is 0.250. The summed E-state index contributed by atoms with van der Waals surface area (Å²) in [4.78, 5) is 4.65. The number of ether oxygens (including phenoxy) is 3. The highest BCUT2D eigenvalue weighted by Crippen LogP contribution is 2.37. The first-order valence-electron chi connectivity index (χ1n) is 7.90. The van der Waals surface area contributed by atoms with Gasteiger partial charge >= 0.3 is 0 Å². The maximum absolute atomic E-state index is 6.00. The molecule has 0 saturated carbocycles. The summed E-state index contributed by atoms with van der Waals surface area (Å²) in [6.07, 6.45) is 5.91. The molecule has 0 bridgehead atoms. The molecule has 0 saturated heterocycles. The second kappa shape index (κ2) is 6.92. The molecule has 1 aliphatic rings. The maximum Gasteiger partial charge on any atom is 0.161 e. The summed E-state index contributed by atoms with van der Waals surface area (Å²) in [5, 5.41) is 0. The van der Waals surface area contributed by atoms with Gasteiger partial charge in [0, 0.05) is 21.8 Å². The molecule has 25 heavy (non-hydrogen) atoms. The zero-order valence-corrected chi connectivity index (χ0v) is 16.3. The highest BCUT2D eigenvalue weighted by molar-refractivity contribution is 9.10. The van der Waals surface area contributed by atoms with E-state index in [1.54, 1.807) is 20.4 Å². The first kappa shape index (κ1) is 17.5. The van der Waals surface area contributed by atoms with Crippen LogP contribution in [-0.2, 0) is 0 Å². The van der Waals surface area contributed by atoms with Crippen molar-refractivity contribution in [2.75, 3.05) is 14.2 Å². The van der Waals surface area contributed by atoms with Crippen molar-refractivity contribution < 1.29 is 14.2 Å². The molecule has 1 heterocycles. The fourth-order valence-electron chi connectivity index (χ4n) is 2.61. The largest absolute Gasteiger partial charge is 0.493 e. The van der Waals surface area contributed by atoms with E-state index in [2.05, 4.69) is 27.0 Å². The van der Waals surface area contributed by atoms with Gasteiger partial charge in [-0.3, -0.25) is 4.99 Å². The molecule has 1 aliphatic heterocycles. The number of hydrogen-bond acceptors (Lipinski definition) is 4. The normalized spacial score (nSPS) is 14.9. The summed E-state index contributed by atoms with van der Waals surface area (Å²) in [5.41, 5.74) is 2.43. The topological polar surface area (TPSA) is 40.0 Å². The second-order valence-corrected chi connectivity index (χ2v) is 7.07. The van der Waals surface area contributed by atoms with Crippen LogP contribution in [0.4, 0.5) is 5.69 Å². The summed E-state index contributed by atoms with van der Waals surface area (Å²) in [6.45, 7) is 4.06. The molecule has 3 rings (SSSR count). The molecule has 0 aromatic heterocycles. The lowest BCUT2D eigenvalue weighted by Crippen LogP contribution is -2.27. The minimum absolute atomic E-state index is 0.304. The molecule has 130 valence electrons. The van der Waals surface area contributed by atoms with Crippen molar-refractivity contribution in [3.63, 3.8) is 0 Å². The van der Waals surface area contributed by atoms with Crippen molar-refractivity contribution in [3.05, 3.63) is 52.0 Å². The Balaban J connectivity index is 1.97. The van der Waals surface area contributed by atoms with E-state index in [9.17, 15) is 0 Å². The van der Waals surface area contributed by atoms with Crippen LogP contribution in [0.3, 0.4) is 0 Å². The molecule has 4 nitrogen and oxygen atoms in total. The van der Waals surface area contributed by atoms with E-state index < -0.39 is 0 Å². The SMILES string of the molecule is COc1cc(Br)c(C=Nc2cccc3c2C=CC(C)(C)O3)cc1OC. The van der Waals surface area contributed by atoms with Gasteiger partial charge in [0.1, 0.15) is 11.4 Å². The predicted molar refractivity (Wildman–Crippen MR) is 105 cm³/mol. The smallest absolute Gasteiger partial charge is 0.161 e. The molecule has 0 unspecified atom stereocenters. The first-order chi connectivity index (χ1) is 11.9. The molecule has 0 N–H and O–H groups in total. The predicted octanol–water partition coefficient (Wildman–Crippen LogP) is 5.40. The number of fused-ring (bicyclic) bond motifs is 1. The van der Waals surface area contributed by atoms with Gasteiger partial charge in [0.25, 0.3) is 0 Å². The number of hydrogen-bond donors (Lipinski definition) is 0. The first-order valence-corrected chi connectivity index (χ1v) is 8.69. The number of methoxy groups -OCH3 is 2. The van der Waals surface area contributed by atoms with E-state index in [0.29, 0.717) is 11.5 Å². The Bertz CT molecular complexity index is 856. The van der Waals surface area contributed by atoms with Gasteiger partial charge in [0.05, 0.1) is 19.9 Å². The van der Waals surface area contributed by atoms with Gasteiger partial charge in [-0.15, -0.1) is 0 Å². The summed E-state index contributed by atoms with van der Waals surface area (Å²) in [6, 6.07) is 9.63. The van der Waals surface area contributed by atoms with E-state index >= 15 is 0 Å². The van der Waals surface area contributed by atoms with Crippen LogP contribution in [0.15, 0.2) is 45.9 Å². The number of rotatable bonds is 4. The van der Waals surface area contributed by atoms with Gasteiger partial charge in [-0.25, -0.2) is 0 Å². The van der Waals surface area contributed by atoms with Crippen LogP contribution in [0.25, 0.3) is 6.08 Å². The Morgan fingerprint density at radius 1 is 1.12 bits per heavy atom. The summed E-state index contributed by atoms with van der Waals surface area (Å²) >= 11 is 3.55. The van der Waals surface area contributed by atoms with Crippen LogP contribution >= 0.6 is 15.9 Å². The molecular weight excluding hydrogens is 382 g/mol. The van der Waals surface area contributed by atoms with Gasteiger partial charge in [-0.2, -0.15) is 0 Å². The molecule has 0 spiro atoms. The van der Waals surface area contributed by atoms with Gasteiger partial charge in [0.15, 0.2) is 11.5 Å². The third-order valence-corrected chi connectivity index (χ3v) is 4.60. The zero-order valence-electron chi connectivity index (χ0n) is 14.7. The standard InChI is InChI=1S/C20H20BrNO3/c1-20(2)9-8-14-16(6-5-7-17(14)25-20)22-12-13-10-18(23-3)19(24-4)11-15(13)21/h5-12H,1-4H3. The average Bonchev–Trinajstić information content (AvgIpc) is 2.59. The van der Waals surface area contributed by atoms with Gasteiger partial charge in [0.2, 0.25) is 0 Å². The molecule has 2 aromatic rings. The number of aliphatic imine (C=N–C) groups is 1. The van der Waals surface area contributed by atoms with Crippen molar-refractivity contribution >= 4 is 33.9 Å². The van der Waals surface area contributed by atoms with Gasteiger partial charge in [-0.1, -0.05) is 6.07 Å². The van der Waals surface area contributed by atoms with Crippen LogP contribution in [0.1, 0.15) is 25.0 Å². The molecule has 0 radical (unpaired) electrons. The summed E-state index contributed by atoms with van der Waals surface area (Å²) < 4.78 is 17.5. The Hall–Kier alpha value is -2.27. The maximum atomic E-state index is 6.00. The number of benzene rings is 2. The van der Waals surface area contributed by atoms with Crippen LogP contribution < -0.4 is 14.2 Å². The third-order valence-electron chi connectivity index (χ3n) is 3.91. The zero-order chi connectivity index (χ0) is 18.0. The minimum atomic E-state index is -0.304. The Kier molecular flexibility index (Phi) is 4.86. The Labute approximate surface area is 156 Å². The fourth-order valence-corrected chi connectivity index (χ4v) is 3.04. The molecule has 0 aliphatic carbocycles. The summed E-state index contributed by atoms with van der Waals surface area (Å²) in [5.74, 6) is 2.17. The second-order valence-electron chi connectivity index (χ2n) is 6.21. The Morgan fingerprint density at radius 2 is 1.84 bits per heavy atom. The molecule has 0 amide bonds. The quantitative estimate of drug-likeness (QED) is 0.643. The van der Waals surface area contributed by atoms with E-state index in [-0.39, 0.29) is 5.60 Å². The highest BCUT2D eigenvalue weighted by atomic mass is 79.9. The van der Waals surface area contributed by atoms with E-state index in [1.807, 2.05) is 50.3 Å². The van der Waals surface area contributed by atoms with E-state index in [0.717, 1.165) is 27.0 Å². The Morgan fingerprint density at radius 3 is 2.56 bits per heavy atom. The van der Waals surface area contributed by atoms with Crippen LogP contribution in [0.5, 0.6) is 17.2 Å². The lowest BCUT2D eigenvalue weighted by Gasteiger charge is -2.28.